The number of halogens is 1. The Morgan fingerprint density at radius 2 is 1.89 bits per heavy atom. The van der Waals surface area contributed by atoms with Gasteiger partial charge in [0.2, 0.25) is 0 Å². The van der Waals surface area contributed by atoms with Crippen LogP contribution in [-0.2, 0) is 5.41 Å². The van der Waals surface area contributed by atoms with Crippen LogP contribution < -0.4 is 15.2 Å². The van der Waals surface area contributed by atoms with Gasteiger partial charge >= 0.3 is 0 Å². The smallest absolute Gasteiger partial charge is 0.136 e. The molecule has 3 nitrogen and oxygen atoms in total. The third kappa shape index (κ3) is 2.36. The van der Waals surface area contributed by atoms with Crippen molar-refractivity contribution >= 4 is 15.9 Å². The number of methoxy groups -OCH3 is 2. The highest BCUT2D eigenvalue weighted by molar-refractivity contribution is 9.10. The standard InChI is InChI=1S/C15H22BrNO2/c1-10-8-11(18-2)12(13(16)14(10)19-3)15(9-17)6-4-5-7-15/h8H,4-7,9,17H2,1-3H3. The van der Waals surface area contributed by atoms with E-state index < -0.39 is 0 Å². The molecule has 106 valence electrons. The fourth-order valence-corrected chi connectivity index (χ4v) is 4.33. The van der Waals surface area contributed by atoms with Crippen LogP contribution in [0.1, 0.15) is 36.8 Å². The fourth-order valence-electron chi connectivity index (χ4n) is 3.24. The Morgan fingerprint density at radius 1 is 1.26 bits per heavy atom. The molecule has 1 saturated carbocycles. The van der Waals surface area contributed by atoms with Gasteiger partial charge in [-0.15, -0.1) is 0 Å². The molecule has 0 unspecified atom stereocenters. The number of hydrogen-bond acceptors (Lipinski definition) is 3. The Hall–Kier alpha value is -0.740. The molecule has 0 saturated heterocycles. The van der Waals surface area contributed by atoms with Crippen molar-refractivity contribution in [2.45, 2.75) is 38.0 Å². The maximum absolute atomic E-state index is 6.11. The number of benzene rings is 1. The Balaban J connectivity index is 2.66. The van der Waals surface area contributed by atoms with Gasteiger partial charge in [-0.05, 0) is 47.3 Å². The van der Waals surface area contributed by atoms with Gasteiger partial charge in [0.1, 0.15) is 11.5 Å². The first-order chi connectivity index (χ1) is 9.09. The predicted molar refractivity (Wildman–Crippen MR) is 81.2 cm³/mol. The summed E-state index contributed by atoms with van der Waals surface area (Å²) in [6.45, 7) is 2.67. The molecule has 1 aromatic rings. The third-order valence-electron chi connectivity index (χ3n) is 4.28. The van der Waals surface area contributed by atoms with Crippen molar-refractivity contribution in [1.29, 1.82) is 0 Å². The summed E-state index contributed by atoms with van der Waals surface area (Å²) in [4.78, 5) is 0. The second kappa shape index (κ2) is 5.71. The molecular weight excluding hydrogens is 306 g/mol. The van der Waals surface area contributed by atoms with Crippen LogP contribution in [0.15, 0.2) is 10.5 Å². The Kier molecular flexibility index (Phi) is 4.41. The molecule has 2 rings (SSSR count). The highest BCUT2D eigenvalue weighted by Crippen LogP contribution is 2.50. The van der Waals surface area contributed by atoms with Crippen molar-refractivity contribution in [2.24, 2.45) is 5.73 Å². The molecule has 1 aliphatic carbocycles. The van der Waals surface area contributed by atoms with Crippen molar-refractivity contribution in [1.82, 2.24) is 0 Å². The lowest BCUT2D eigenvalue weighted by Gasteiger charge is -2.31. The predicted octanol–water partition coefficient (Wildman–Crippen LogP) is 3.55. The molecule has 0 aromatic heterocycles. The van der Waals surface area contributed by atoms with Crippen LogP contribution in [-0.4, -0.2) is 20.8 Å². The Morgan fingerprint density at radius 3 is 2.37 bits per heavy atom. The number of rotatable bonds is 4. The first-order valence-electron chi connectivity index (χ1n) is 6.71. The van der Waals surface area contributed by atoms with Gasteiger partial charge in [-0.25, -0.2) is 0 Å². The van der Waals surface area contributed by atoms with E-state index in [1.165, 1.54) is 18.4 Å². The maximum Gasteiger partial charge on any atom is 0.136 e. The summed E-state index contributed by atoms with van der Waals surface area (Å²) in [6.07, 6.45) is 4.68. The highest BCUT2D eigenvalue weighted by Gasteiger charge is 2.39. The Labute approximate surface area is 123 Å². The van der Waals surface area contributed by atoms with Crippen molar-refractivity contribution in [3.63, 3.8) is 0 Å². The molecule has 0 aliphatic heterocycles. The summed E-state index contributed by atoms with van der Waals surface area (Å²) in [5.41, 5.74) is 8.37. The van der Waals surface area contributed by atoms with Gasteiger partial charge < -0.3 is 15.2 Å². The molecule has 1 aromatic carbocycles. The van der Waals surface area contributed by atoms with E-state index >= 15 is 0 Å². The van der Waals surface area contributed by atoms with Crippen molar-refractivity contribution < 1.29 is 9.47 Å². The van der Waals surface area contributed by atoms with Crippen LogP contribution in [0, 0.1) is 6.92 Å². The van der Waals surface area contributed by atoms with Crippen molar-refractivity contribution in [2.75, 3.05) is 20.8 Å². The molecule has 0 atom stereocenters. The van der Waals surface area contributed by atoms with Crippen LogP contribution >= 0.6 is 15.9 Å². The van der Waals surface area contributed by atoms with Gasteiger partial charge in [0, 0.05) is 17.5 Å². The molecule has 0 amide bonds. The van der Waals surface area contributed by atoms with E-state index in [4.69, 9.17) is 15.2 Å². The molecule has 0 spiro atoms. The zero-order chi connectivity index (χ0) is 14.0. The lowest BCUT2D eigenvalue weighted by Crippen LogP contribution is -2.33. The second-order valence-electron chi connectivity index (χ2n) is 5.31. The zero-order valence-electron chi connectivity index (χ0n) is 11.9. The summed E-state index contributed by atoms with van der Waals surface area (Å²) in [5, 5.41) is 0. The first-order valence-corrected chi connectivity index (χ1v) is 7.50. The molecular formula is C15H22BrNO2. The summed E-state index contributed by atoms with van der Waals surface area (Å²) in [6, 6.07) is 2.05. The summed E-state index contributed by atoms with van der Waals surface area (Å²) in [7, 11) is 3.42. The van der Waals surface area contributed by atoms with Gasteiger partial charge in [0.05, 0.1) is 18.7 Å². The summed E-state index contributed by atoms with van der Waals surface area (Å²) in [5.74, 6) is 1.80. The van der Waals surface area contributed by atoms with Crippen LogP contribution in [0.25, 0.3) is 0 Å². The van der Waals surface area contributed by atoms with Crippen LogP contribution in [0.4, 0.5) is 0 Å². The van der Waals surface area contributed by atoms with E-state index in [9.17, 15) is 0 Å². The topological polar surface area (TPSA) is 44.5 Å². The lowest BCUT2D eigenvalue weighted by molar-refractivity contribution is 0.366. The van der Waals surface area contributed by atoms with E-state index in [0.29, 0.717) is 6.54 Å². The summed E-state index contributed by atoms with van der Waals surface area (Å²) >= 11 is 3.71. The highest BCUT2D eigenvalue weighted by atomic mass is 79.9. The van der Waals surface area contributed by atoms with Crippen LogP contribution in [0.2, 0.25) is 0 Å². The third-order valence-corrected chi connectivity index (χ3v) is 5.03. The van der Waals surface area contributed by atoms with E-state index in [2.05, 4.69) is 22.0 Å². The number of ether oxygens (including phenoxy) is 2. The second-order valence-corrected chi connectivity index (χ2v) is 6.10. The first kappa shape index (κ1) is 14.7. The van der Waals surface area contributed by atoms with E-state index in [-0.39, 0.29) is 5.41 Å². The van der Waals surface area contributed by atoms with Gasteiger partial charge in [-0.2, -0.15) is 0 Å². The molecule has 1 fully saturated rings. The van der Waals surface area contributed by atoms with Crippen molar-refractivity contribution in [3.8, 4) is 11.5 Å². The quantitative estimate of drug-likeness (QED) is 0.919. The number of aryl methyl sites for hydroxylation is 1. The van der Waals surface area contributed by atoms with Crippen LogP contribution in [0.3, 0.4) is 0 Å². The molecule has 0 bridgehead atoms. The average molecular weight is 328 g/mol. The molecule has 2 N–H and O–H groups in total. The van der Waals surface area contributed by atoms with E-state index in [0.717, 1.165) is 34.4 Å². The minimum Gasteiger partial charge on any atom is -0.496 e. The molecule has 0 heterocycles. The lowest BCUT2D eigenvalue weighted by atomic mass is 9.78. The minimum absolute atomic E-state index is 0.0190. The monoisotopic (exact) mass is 327 g/mol. The van der Waals surface area contributed by atoms with E-state index in [1.54, 1.807) is 14.2 Å². The molecule has 0 radical (unpaired) electrons. The van der Waals surface area contributed by atoms with Gasteiger partial charge in [-0.3, -0.25) is 0 Å². The molecule has 1 aliphatic rings. The van der Waals surface area contributed by atoms with Gasteiger partial charge in [0.15, 0.2) is 0 Å². The maximum atomic E-state index is 6.11. The van der Waals surface area contributed by atoms with Crippen LogP contribution in [0.5, 0.6) is 11.5 Å². The van der Waals surface area contributed by atoms with Gasteiger partial charge in [-0.1, -0.05) is 12.8 Å². The zero-order valence-corrected chi connectivity index (χ0v) is 13.5. The fraction of sp³-hybridized carbons (Fsp3) is 0.600. The van der Waals surface area contributed by atoms with E-state index in [1.807, 2.05) is 6.92 Å². The minimum atomic E-state index is 0.0190. The largest absolute Gasteiger partial charge is 0.496 e. The number of nitrogens with two attached hydrogens (primary N) is 1. The normalized spacial score (nSPS) is 17.5. The Bertz CT molecular complexity index is 468. The average Bonchev–Trinajstić information content (AvgIpc) is 2.88. The molecule has 19 heavy (non-hydrogen) atoms. The SMILES string of the molecule is COc1cc(C)c(OC)c(Br)c1C1(CN)CCCC1. The number of hydrogen-bond donors (Lipinski definition) is 1. The summed E-state index contributed by atoms with van der Waals surface area (Å²) < 4.78 is 12.1. The molecule has 4 heteroatoms. The van der Waals surface area contributed by atoms with Crippen molar-refractivity contribution in [3.05, 3.63) is 21.7 Å². The van der Waals surface area contributed by atoms with Gasteiger partial charge in [0.25, 0.3) is 0 Å².